The molecule has 0 radical (unpaired) electrons. The maximum Gasteiger partial charge on any atom is 0.150 e. The van der Waals surface area contributed by atoms with Gasteiger partial charge in [0.15, 0.2) is 5.82 Å². The van der Waals surface area contributed by atoms with E-state index in [0.717, 1.165) is 42.4 Å². The van der Waals surface area contributed by atoms with Gasteiger partial charge in [-0.15, -0.1) is 5.10 Å². The van der Waals surface area contributed by atoms with Gasteiger partial charge in [0, 0.05) is 26.2 Å². The fourth-order valence-electron chi connectivity index (χ4n) is 1.97. The molecule has 0 atom stereocenters. The number of aryl methyl sites for hydroxylation is 2. The molecule has 0 aromatic carbocycles. The van der Waals surface area contributed by atoms with Crippen molar-refractivity contribution in [2.24, 2.45) is 7.05 Å². The SMILES string of the molecule is CCN(C(=S)CCCc1nnnn1C)c1ccccn1. The average Bonchev–Trinajstić information content (AvgIpc) is 2.86. The summed E-state index contributed by atoms with van der Waals surface area (Å²) in [6, 6.07) is 5.85. The second-order valence-corrected chi connectivity index (χ2v) is 4.87. The highest BCUT2D eigenvalue weighted by molar-refractivity contribution is 7.80. The molecule has 7 heteroatoms. The van der Waals surface area contributed by atoms with Gasteiger partial charge in [0.2, 0.25) is 0 Å². The van der Waals surface area contributed by atoms with E-state index >= 15 is 0 Å². The zero-order valence-electron chi connectivity index (χ0n) is 11.7. The lowest BCUT2D eigenvalue weighted by Gasteiger charge is -2.22. The summed E-state index contributed by atoms with van der Waals surface area (Å²) in [5.74, 6) is 1.79. The molecular weight excluding hydrogens is 272 g/mol. The molecule has 0 amide bonds. The average molecular weight is 290 g/mol. The molecule has 6 nitrogen and oxygen atoms in total. The Kier molecular flexibility index (Phi) is 5.11. The van der Waals surface area contributed by atoms with Crippen molar-refractivity contribution in [1.82, 2.24) is 25.2 Å². The van der Waals surface area contributed by atoms with Crippen LogP contribution in [0.5, 0.6) is 0 Å². The summed E-state index contributed by atoms with van der Waals surface area (Å²) in [5, 5.41) is 11.4. The Morgan fingerprint density at radius 2 is 2.25 bits per heavy atom. The molecule has 0 aliphatic rings. The van der Waals surface area contributed by atoms with E-state index in [1.54, 1.807) is 10.9 Å². The minimum Gasteiger partial charge on any atom is -0.321 e. The van der Waals surface area contributed by atoms with Crippen LogP contribution in [0.15, 0.2) is 24.4 Å². The highest BCUT2D eigenvalue weighted by Gasteiger charge is 2.11. The molecule has 0 aliphatic heterocycles. The van der Waals surface area contributed by atoms with Crippen molar-refractivity contribution in [3.8, 4) is 0 Å². The van der Waals surface area contributed by atoms with Gasteiger partial charge < -0.3 is 4.90 Å². The summed E-state index contributed by atoms with van der Waals surface area (Å²) in [5.41, 5.74) is 0. The Balaban J connectivity index is 1.89. The van der Waals surface area contributed by atoms with Crippen LogP contribution in [-0.2, 0) is 13.5 Å². The molecule has 0 N–H and O–H groups in total. The molecule has 2 rings (SSSR count). The lowest BCUT2D eigenvalue weighted by atomic mass is 10.2. The molecule has 0 saturated heterocycles. The minimum absolute atomic E-state index is 0.821. The zero-order chi connectivity index (χ0) is 14.4. The summed E-state index contributed by atoms with van der Waals surface area (Å²) >= 11 is 5.51. The Morgan fingerprint density at radius 1 is 1.40 bits per heavy atom. The second-order valence-electron chi connectivity index (χ2n) is 4.40. The van der Waals surface area contributed by atoms with E-state index < -0.39 is 0 Å². The highest BCUT2D eigenvalue weighted by Crippen LogP contribution is 2.13. The number of pyridine rings is 1. The normalized spacial score (nSPS) is 10.5. The van der Waals surface area contributed by atoms with Crippen molar-refractivity contribution in [2.45, 2.75) is 26.2 Å². The molecule has 0 unspecified atom stereocenters. The molecule has 0 bridgehead atoms. The summed E-state index contributed by atoms with van der Waals surface area (Å²) in [6.07, 6.45) is 4.36. The summed E-state index contributed by atoms with van der Waals surface area (Å²) in [7, 11) is 1.85. The van der Waals surface area contributed by atoms with Crippen LogP contribution in [0.2, 0.25) is 0 Å². The van der Waals surface area contributed by atoms with Gasteiger partial charge in [-0.25, -0.2) is 9.67 Å². The van der Waals surface area contributed by atoms with E-state index in [0.29, 0.717) is 0 Å². The van der Waals surface area contributed by atoms with E-state index in [9.17, 15) is 0 Å². The summed E-state index contributed by atoms with van der Waals surface area (Å²) in [6.45, 7) is 2.90. The van der Waals surface area contributed by atoms with Crippen LogP contribution >= 0.6 is 12.2 Å². The minimum atomic E-state index is 0.821. The van der Waals surface area contributed by atoms with Crippen molar-refractivity contribution in [2.75, 3.05) is 11.4 Å². The van der Waals surface area contributed by atoms with Crippen LogP contribution in [0, 0.1) is 0 Å². The molecule has 2 aromatic heterocycles. The van der Waals surface area contributed by atoms with Gasteiger partial charge >= 0.3 is 0 Å². The number of rotatable bonds is 6. The first kappa shape index (κ1) is 14.5. The molecule has 0 saturated carbocycles. The van der Waals surface area contributed by atoms with Crippen molar-refractivity contribution < 1.29 is 0 Å². The number of hydrogen-bond acceptors (Lipinski definition) is 5. The Hall–Kier alpha value is -1.89. The van der Waals surface area contributed by atoms with Crippen LogP contribution in [-0.4, -0.2) is 36.7 Å². The monoisotopic (exact) mass is 290 g/mol. The predicted molar refractivity (Wildman–Crippen MR) is 81.6 cm³/mol. The molecule has 20 heavy (non-hydrogen) atoms. The number of thiocarbonyl (C=S) groups is 1. The van der Waals surface area contributed by atoms with Crippen LogP contribution in [0.1, 0.15) is 25.6 Å². The Bertz CT molecular complexity index is 553. The van der Waals surface area contributed by atoms with Gasteiger partial charge in [0.25, 0.3) is 0 Å². The quantitative estimate of drug-likeness (QED) is 0.756. The first-order valence-corrected chi connectivity index (χ1v) is 7.05. The van der Waals surface area contributed by atoms with Crippen LogP contribution in [0.3, 0.4) is 0 Å². The van der Waals surface area contributed by atoms with Crippen molar-refractivity contribution in [3.63, 3.8) is 0 Å². The maximum atomic E-state index is 5.51. The summed E-state index contributed by atoms with van der Waals surface area (Å²) < 4.78 is 1.69. The lowest BCUT2D eigenvalue weighted by Crippen LogP contribution is -2.29. The molecule has 2 aromatic rings. The predicted octanol–water partition coefficient (Wildman–Crippen LogP) is 1.78. The molecular formula is C13H18N6S. The van der Waals surface area contributed by atoms with Crippen molar-refractivity contribution in [1.29, 1.82) is 0 Å². The van der Waals surface area contributed by atoms with Gasteiger partial charge in [-0.3, -0.25) is 0 Å². The largest absolute Gasteiger partial charge is 0.321 e. The molecule has 2 heterocycles. The first-order valence-electron chi connectivity index (χ1n) is 6.65. The van der Waals surface area contributed by atoms with E-state index in [1.807, 2.05) is 25.2 Å². The third kappa shape index (κ3) is 3.57. The van der Waals surface area contributed by atoms with Crippen LogP contribution in [0.25, 0.3) is 0 Å². The standard InChI is InChI=1S/C13H18N6S/c1-3-19(11-7-4-5-10-14-11)13(20)9-6-8-12-15-16-17-18(12)2/h4-5,7,10H,3,6,8-9H2,1-2H3. The zero-order valence-corrected chi connectivity index (χ0v) is 12.5. The number of tetrazole rings is 1. The molecule has 0 fully saturated rings. The number of aromatic nitrogens is 5. The smallest absolute Gasteiger partial charge is 0.150 e. The number of hydrogen-bond donors (Lipinski definition) is 0. The van der Waals surface area contributed by atoms with E-state index in [-0.39, 0.29) is 0 Å². The highest BCUT2D eigenvalue weighted by atomic mass is 32.1. The van der Waals surface area contributed by atoms with Crippen LogP contribution in [0.4, 0.5) is 5.82 Å². The first-order chi connectivity index (χ1) is 9.72. The van der Waals surface area contributed by atoms with Crippen molar-refractivity contribution in [3.05, 3.63) is 30.2 Å². The summed E-state index contributed by atoms with van der Waals surface area (Å²) in [4.78, 5) is 7.31. The Labute approximate surface area is 123 Å². The molecule has 0 spiro atoms. The van der Waals surface area contributed by atoms with Gasteiger partial charge in [-0.2, -0.15) is 0 Å². The molecule has 0 aliphatic carbocycles. The fraction of sp³-hybridized carbons (Fsp3) is 0.462. The third-order valence-electron chi connectivity index (χ3n) is 3.04. The fourth-order valence-corrected chi connectivity index (χ4v) is 2.34. The van der Waals surface area contributed by atoms with Gasteiger partial charge in [-0.05, 0) is 42.3 Å². The van der Waals surface area contributed by atoms with E-state index in [4.69, 9.17) is 12.2 Å². The van der Waals surface area contributed by atoms with E-state index in [2.05, 4.69) is 32.3 Å². The van der Waals surface area contributed by atoms with Gasteiger partial charge in [0.1, 0.15) is 5.82 Å². The van der Waals surface area contributed by atoms with Crippen LogP contribution < -0.4 is 4.90 Å². The number of anilines is 1. The van der Waals surface area contributed by atoms with Gasteiger partial charge in [0.05, 0.1) is 4.99 Å². The third-order valence-corrected chi connectivity index (χ3v) is 3.47. The topological polar surface area (TPSA) is 59.7 Å². The van der Waals surface area contributed by atoms with E-state index in [1.165, 1.54) is 0 Å². The second kappa shape index (κ2) is 7.04. The van der Waals surface area contributed by atoms with Crippen molar-refractivity contribution >= 4 is 23.0 Å². The number of nitrogens with zero attached hydrogens (tertiary/aromatic N) is 6. The van der Waals surface area contributed by atoms with Gasteiger partial charge in [-0.1, -0.05) is 18.3 Å². The lowest BCUT2D eigenvalue weighted by molar-refractivity contribution is 0.663. The maximum absolute atomic E-state index is 5.51. The molecule has 106 valence electrons. The Morgan fingerprint density at radius 3 is 2.85 bits per heavy atom.